The van der Waals surface area contributed by atoms with E-state index in [-0.39, 0.29) is 0 Å². The van der Waals surface area contributed by atoms with Crippen LogP contribution < -0.4 is 15.2 Å². The average Bonchev–Trinajstić information content (AvgIpc) is 3.34. The van der Waals surface area contributed by atoms with E-state index in [0.717, 1.165) is 37.5 Å². The van der Waals surface area contributed by atoms with Crippen LogP contribution in [-0.4, -0.2) is 73.8 Å². The van der Waals surface area contributed by atoms with Crippen LogP contribution >= 0.6 is 11.6 Å². The first-order valence-corrected chi connectivity index (χ1v) is 11.2. The molecule has 10 nitrogen and oxygen atoms in total. The van der Waals surface area contributed by atoms with Gasteiger partial charge < -0.3 is 23.7 Å². The smallest absolute Gasteiger partial charge is 0.250 e. The molecule has 33 heavy (non-hydrogen) atoms. The number of halogens is 1. The normalized spacial score (nSPS) is 17.0. The van der Waals surface area contributed by atoms with Crippen molar-refractivity contribution in [2.24, 2.45) is 5.10 Å². The van der Waals surface area contributed by atoms with Crippen molar-refractivity contribution in [2.45, 2.75) is 0 Å². The average molecular weight is 470 g/mol. The molecule has 0 aliphatic carbocycles. The Bertz CT molecular complexity index is 1060. The molecule has 1 N–H and O–H groups in total. The Hall–Kier alpha value is -3.21. The number of hydrazone groups is 1. The molecule has 0 amide bonds. The van der Waals surface area contributed by atoms with Crippen LogP contribution in [0.3, 0.4) is 0 Å². The van der Waals surface area contributed by atoms with Crippen LogP contribution in [0.15, 0.2) is 45.9 Å². The molecule has 2 aromatic heterocycles. The first kappa shape index (κ1) is 21.6. The Balaban J connectivity index is 1.32. The van der Waals surface area contributed by atoms with Gasteiger partial charge >= 0.3 is 0 Å². The molecule has 0 unspecified atom stereocenters. The van der Waals surface area contributed by atoms with Crippen molar-refractivity contribution in [3.05, 3.63) is 47.2 Å². The first-order chi connectivity index (χ1) is 16.2. The number of hydrogen-bond donors (Lipinski definition) is 1. The lowest BCUT2D eigenvalue weighted by molar-refractivity contribution is 0.121. The summed E-state index contributed by atoms with van der Waals surface area (Å²) in [6.07, 6.45) is 1.59. The summed E-state index contributed by atoms with van der Waals surface area (Å²) in [4.78, 5) is 18.0. The minimum atomic E-state index is 0.369. The molecule has 2 aliphatic rings. The van der Waals surface area contributed by atoms with Crippen LogP contribution in [-0.2, 0) is 9.47 Å². The fourth-order valence-corrected chi connectivity index (χ4v) is 3.68. The van der Waals surface area contributed by atoms with Crippen LogP contribution in [0.5, 0.6) is 0 Å². The number of rotatable bonds is 6. The maximum Gasteiger partial charge on any atom is 0.250 e. The highest BCUT2D eigenvalue weighted by molar-refractivity contribution is 6.30. The summed E-state index contributed by atoms with van der Waals surface area (Å²) >= 11 is 5.96. The summed E-state index contributed by atoms with van der Waals surface area (Å²) < 4.78 is 16.8. The van der Waals surface area contributed by atoms with Gasteiger partial charge in [-0.2, -0.15) is 20.1 Å². The van der Waals surface area contributed by atoms with Gasteiger partial charge in [0.2, 0.25) is 17.8 Å². The van der Waals surface area contributed by atoms with Gasteiger partial charge in [-0.3, -0.25) is 0 Å². The predicted molar refractivity (Wildman–Crippen MR) is 126 cm³/mol. The maximum absolute atomic E-state index is 5.96. The van der Waals surface area contributed by atoms with E-state index in [0.29, 0.717) is 55.1 Å². The largest absolute Gasteiger partial charge is 0.455 e. The number of aromatic nitrogens is 3. The van der Waals surface area contributed by atoms with Gasteiger partial charge in [0.25, 0.3) is 0 Å². The summed E-state index contributed by atoms with van der Waals surface area (Å²) in [5.41, 5.74) is 3.86. The zero-order valence-corrected chi connectivity index (χ0v) is 18.7. The topological polar surface area (TPSA) is 101 Å². The molecule has 0 spiro atoms. The van der Waals surface area contributed by atoms with Crippen LogP contribution in [0.25, 0.3) is 11.3 Å². The highest BCUT2D eigenvalue weighted by Crippen LogP contribution is 2.23. The number of ether oxygens (including phenoxy) is 2. The van der Waals surface area contributed by atoms with E-state index in [1.54, 1.807) is 6.21 Å². The van der Waals surface area contributed by atoms with Crippen LogP contribution in [0.2, 0.25) is 5.02 Å². The number of furan rings is 1. The zero-order chi connectivity index (χ0) is 22.5. The molecule has 3 aromatic rings. The third kappa shape index (κ3) is 5.41. The van der Waals surface area contributed by atoms with Crippen LogP contribution in [0, 0.1) is 0 Å². The minimum absolute atomic E-state index is 0.369. The number of morpholine rings is 2. The second-order valence-electron chi connectivity index (χ2n) is 7.54. The first-order valence-electron chi connectivity index (χ1n) is 10.8. The Kier molecular flexibility index (Phi) is 6.66. The molecule has 2 aliphatic heterocycles. The number of benzene rings is 1. The van der Waals surface area contributed by atoms with Crippen molar-refractivity contribution in [1.29, 1.82) is 0 Å². The molecule has 0 bridgehead atoms. The van der Waals surface area contributed by atoms with E-state index in [4.69, 9.17) is 25.5 Å². The monoisotopic (exact) mass is 469 g/mol. The third-order valence-corrected chi connectivity index (χ3v) is 5.56. The quantitative estimate of drug-likeness (QED) is 0.431. The summed E-state index contributed by atoms with van der Waals surface area (Å²) in [6, 6.07) is 11.2. The standard InChI is InChI=1S/C22H24ClN7O3/c23-17-3-1-16(2-4-17)19-6-5-18(33-19)15-24-28-20-25-21(29-7-11-31-12-8-29)27-22(26-20)30-9-13-32-14-10-30/h1-6,15H,7-14H2,(H,25,26,27,28)/b24-15-. The van der Waals surface area contributed by atoms with E-state index in [1.807, 2.05) is 36.4 Å². The minimum Gasteiger partial charge on any atom is -0.455 e. The number of hydrogen-bond acceptors (Lipinski definition) is 10. The van der Waals surface area contributed by atoms with Crippen molar-refractivity contribution in [2.75, 3.05) is 67.8 Å². The highest BCUT2D eigenvalue weighted by atomic mass is 35.5. The number of nitrogens with zero attached hydrogens (tertiary/aromatic N) is 6. The lowest BCUT2D eigenvalue weighted by Gasteiger charge is -2.30. The van der Waals surface area contributed by atoms with Crippen LogP contribution in [0.4, 0.5) is 17.8 Å². The summed E-state index contributed by atoms with van der Waals surface area (Å²) in [7, 11) is 0. The van der Waals surface area contributed by atoms with Gasteiger partial charge in [0, 0.05) is 36.8 Å². The van der Waals surface area contributed by atoms with Crippen molar-refractivity contribution in [3.8, 4) is 11.3 Å². The van der Waals surface area contributed by atoms with E-state index in [1.165, 1.54) is 0 Å². The second kappa shape index (κ2) is 10.2. The molecule has 0 radical (unpaired) electrons. The molecule has 4 heterocycles. The van der Waals surface area contributed by atoms with Crippen molar-refractivity contribution >= 4 is 35.7 Å². The SMILES string of the molecule is Clc1ccc(-c2ccc(/C=N\Nc3nc(N4CCOCC4)nc(N4CCOCC4)n3)o2)cc1. The molecule has 2 saturated heterocycles. The number of nitrogens with one attached hydrogen (secondary N) is 1. The maximum atomic E-state index is 5.96. The lowest BCUT2D eigenvalue weighted by Crippen LogP contribution is -2.40. The fourth-order valence-electron chi connectivity index (χ4n) is 3.56. The summed E-state index contributed by atoms with van der Waals surface area (Å²) in [5.74, 6) is 2.92. The number of anilines is 3. The van der Waals surface area contributed by atoms with Gasteiger partial charge in [-0.05, 0) is 36.4 Å². The Morgan fingerprint density at radius 2 is 1.42 bits per heavy atom. The Morgan fingerprint density at radius 3 is 2.03 bits per heavy atom. The molecular formula is C22H24ClN7O3. The molecule has 0 atom stereocenters. The lowest BCUT2D eigenvalue weighted by atomic mass is 10.2. The molecule has 2 fully saturated rings. The van der Waals surface area contributed by atoms with Gasteiger partial charge in [0.1, 0.15) is 11.5 Å². The molecule has 1 aromatic carbocycles. The second-order valence-corrected chi connectivity index (χ2v) is 7.97. The van der Waals surface area contributed by atoms with Crippen molar-refractivity contribution in [3.63, 3.8) is 0 Å². The zero-order valence-electron chi connectivity index (χ0n) is 18.0. The Morgan fingerprint density at radius 1 is 0.818 bits per heavy atom. The third-order valence-electron chi connectivity index (χ3n) is 5.31. The van der Waals surface area contributed by atoms with Crippen molar-refractivity contribution < 1.29 is 13.9 Å². The molecule has 5 rings (SSSR count). The summed E-state index contributed by atoms with van der Waals surface area (Å²) in [5, 5.41) is 4.96. The highest BCUT2D eigenvalue weighted by Gasteiger charge is 2.20. The van der Waals surface area contributed by atoms with Gasteiger partial charge in [-0.25, -0.2) is 5.43 Å². The van der Waals surface area contributed by atoms with Crippen molar-refractivity contribution in [1.82, 2.24) is 15.0 Å². The molecule has 0 saturated carbocycles. The van der Waals surface area contributed by atoms with Gasteiger partial charge in [-0.15, -0.1) is 0 Å². The van der Waals surface area contributed by atoms with E-state index < -0.39 is 0 Å². The van der Waals surface area contributed by atoms with E-state index in [9.17, 15) is 0 Å². The summed E-state index contributed by atoms with van der Waals surface area (Å²) in [6.45, 7) is 5.51. The molecular weight excluding hydrogens is 446 g/mol. The Labute approximate surface area is 196 Å². The van der Waals surface area contributed by atoms with Gasteiger partial charge in [0.15, 0.2) is 0 Å². The predicted octanol–water partition coefficient (Wildman–Crippen LogP) is 2.90. The van der Waals surface area contributed by atoms with Gasteiger partial charge in [-0.1, -0.05) is 11.6 Å². The van der Waals surface area contributed by atoms with E-state index >= 15 is 0 Å². The van der Waals surface area contributed by atoms with E-state index in [2.05, 4.69) is 35.3 Å². The molecule has 172 valence electrons. The van der Waals surface area contributed by atoms with Crippen LogP contribution in [0.1, 0.15) is 5.76 Å². The molecule has 11 heteroatoms. The van der Waals surface area contributed by atoms with Gasteiger partial charge in [0.05, 0.1) is 32.6 Å². The fraction of sp³-hybridized carbons (Fsp3) is 0.364.